The van der Waals surface area contributed by atoms with E-state index < -0.39 is 0 Å². The van der Waals surface area contributed by atoms with E-state index in [2.05, 4.69) is 40.2 Å². The van der Waals surface area contributed by atoms with Gasteiger partial charge in [0.05, 0.1) is 23.4 Å². The normalized spacial score (nSPS) is 18.0. The monoisotopic (exact) mass is 361 g/mol. The highest BCUT2D eigenvalue weighted by Crippen LogP contribution is 2.25. The van der Waals surface area contributed by atoms with Crippen LogP contribution >= 0.6 is 0 Å². The molecule has 0 N–H and O–H groups in total. The van der Waals surface area contributed by atoms with Crippen molar-refractivity contribution in [3.63, 3.8) is 0 Å². The van der Waals surface area contributed by atoms with Gasteiger partial charge in [0, 0.05) is 13.1 Å². The molecule has 140 valence electrons. The minimum absolute atomic E-state index is 0.0850. The van der Waals surface area contributed by atoms with E-state index in [1.165, 1.54) is 24.8 Å². The summed E-state index contributed by atoms with van der Waals surface area (Å²) in [7, 11) is 0. The van der Waals surface area contributed by atoms with Gasteiger partial charge < -0.3 is 0 Å². The number of aromatic nitrogens is 2. The van der Waals surface area contributed by atoms with Gasteiger partial charge in [-0.2, -0.15) is 0 Å². The summed E-state index contributed by atoms with van der Waals surface area (Å²) in [5, 5.41) is 0.717. The van der Waals surface area contributed by atoms with E-state index in [-0.39, 0.29) is 11.7 Å². The highest BCUT2D eigenvalue weighted by Gasteiger charge is 2.24. The number of unbranched alkanes of at least 4 members (excludes halogenated alkanes) is 1. The van der Waals surface area contributed by atoms with Crippen LogP contribution in [0.5, 0.6) is 0 Å². The lowest BCUT2D eigenvalue weighted by molar-refractivity contribution is 0.0902. The molecular formula is C23H27N3O. The predicted molar refractivity (Wildman–Crippen MR) is 110 cm³/mol. The number of aryl methyl sites for hydroxylation is 1. The molecule has 27 heavy (non-hydrogen) atoms. The number of benzene rings is 2. The molecule has 1 aromatic heterocycles. The molecule has 1 saturated heterocycles. The summed E-state index contributed by atoms with van der Waals surface area (Å²) >= 11 is 0. The fourth-order valence-corrected chi connectivity index (χ4v) is 4.13. The quantitative estimate of drug-likeness (QED) is 0.611. The highest BCUT2D eigenvalue weighted by atomic mass is 16.1. The molecule has 0 amide bonds. The van der Waals surface area contributed by atoms with Gasteiger partial charge in [0.1, 0.15) is 0 Å². The molecule has 4 heteroatoms. The second-order valence-corrected chi connectivity index (χ2v) is 7.43. The Kier molecular flexibility index (Phi) is 5.64. The third-order valence-corrected chi connectivity index (χ3v) is 5.59. The van der Waals surface area contributed by atoms with E-state index in [1.54, 1.807) is 6.33 Å². The topological polar surface area (TPSA) is 38.1 Å². The van der Waals surface area contributed by atoms with Crippen LogP contribution in [0.3, 0.4) is 0 Å². The molecule has 3 aromatic rings. The molecule has 0 spiro atoms. The van der Waals surface area contributed by atoms with Crippen LogP contribution in [0.15, 0.2) is 65.7 Å². The smallest absolute Gasteiger partial charge is 0.262 e. The van der Waals surface area contributed by atoms with Crippen molar-refractivity contribution in [1.82, 2.24) is 14.5 Å². The Hall–Kier alpha value is -2.46. The summed E-state index contributed by atoms with van der Waals surface area (Å²) in [5.41, 5.74) is 2.27. The standard InChI is InChI=1S/C23H27N3O/c27-23-20-13-4-5-14-21(20)24-18-26(23)22-15-7-9-17-25(22)16-8-6-12-19-10-2-1-3-11-19/h1-5,10-11,13-14,18,22H,6-9,12,15-17H2. The van der Waals surface area contributed by atoms with Crippen LogP contribution in [0, 0.1) is 0 Å². The van der Waals surface area contributed by atoms with E-state index in [9.17, 15) is 4.79 Å². The summed E-state index contributed by atoms with van der Waals surface area (Å²) in [4.78, 5) is 20.0. The SMILES string of the molecule is O=c1c2ccccc2ncn1C1CCCCN1CCCCc1ccccc1. The first-order chi connectivity index (χ1) is 13.3. The lowest BCUT2D eigenvalue weighted by Crippen LogP contribution is -2.41. The summed E-state index contributed by atoms with van der Waals surface area (Å²) in [6, 6.07) is 18.3. The van der Waals surface area contributed by atoms with Gasteiger partial charge in [-0.05, 0) is 56.2 Å². The Bertz CT molecular complexity index is 935. The predicted octanol–water partition coefficient (Wildman–Crippen LogP) is 4.40. The molecule has 0 aliphatic carbocycles. The number of piperidine rings is 1. The molecule has 0 saturated carbocycles. The Labute approximate surface area is 160 Å². The van der Waals surface area contributed by atoms with Crippen molar-refractivity contribution >= 4 is 10.9 Å². The zero-order valence-corrected chi connectivity index (χ0v) is 15.8. The number of nitrogens with zero attached hydrogens (tertiary/aromatic N) is 3. The van der Waals surface area contributed by atoms with Crippen molar-refractivity contribution in [3.05, 3.63) is 76.8 Å². The summed E-state index contributed by atoms with van der Waals surface area (Å²) < 4.78 is 1.86. The number of hydrogen-bond donors (Lipinski definition) is 0. The maximum atomic E-state index is 13.0. The molecule has 1 aliphatic rings. The Balaban J connectivity index is 1.45. The van der Waals surface area contributed by atoms with E-state index >= 15 is 0 Å². The van der Waals surface area contributed by atoms with Crippen molar-refractivity contribution < 1.29 is 0 Å². The van der Waals surface area contributed by atoms with Crippen LogP contribution in [0.1, 0.15) is 43.8 Å². The lowest BCUT2D eigenvalue weighted by Gasteiger charge is -2.36. The van der Waals surface area contributed by atoms with Crippen molar-refractivity contribution in [2.24, 2.45) is 0 Å². The summed E-state index contributed by atoms with van der Waals surface area (Å²) in [6.45, 7) is 2.10. The van der Waals surface area contributed by atoms with E-state index in [0.29, 0.717) is 0 Å². The molecule has 4 rings (SSSR count). The second kappa shape index (κ2) is 8.49. The van der Waals surface area contributed by atoms with E-state index in [1.807, 2.05) is 28.8 Å². The first kappa shape index (κ1) is 17.9. The minimum Gasteiger partial charge on any atom is -0.283 e. The average molecular weight is 361 g/mol. The lowest BCUT2D eigenvalue weighted by atomic mass is 10.1. The molecule has 1 fully saturated rings. The summed E-state index contributed by atoms with van der Waals surface area (Å²) in [5.74, 6) is 0. The molecule has 0 radical (unpaired) electrons. The van der Waals surface area contributed by atoms with Gasteiger partial charge in [-0.25, -0.2) is 4.98 Å². The minimum atomic E-state index is 0.0850. The maximum Gasteiger partial charge on any atom is 0.262 e. The van der Waals surface area contributed by atoms with Crippen LogP contribution in [-0.4, -0.2) is 27.5 Å². The number of rotatable bonds is 6. The molecule has 2 heterocycles. The molecular weight excluding hydrogens is 334 g/mol. The van der Waals surface area contributed by atoms with Crippen LogP contribution in [-0.2, 0) is 6.42 Å². The van der Waals surface area contributed by atoms with Gasteiger partial charge in [0.15, 0.2) is 0 Å². The molecule has 4 nitrogen and oxygen atoms in total. The van der Waals surface area contributed by atoms with E-state index in [0.717, 1.165) is 43.3 Å². The fraction of sp³-hybridized carbons (Fsp3) is 0.391. The zero-order chi connectivity index (χ0) is 18.5. The van der Waals surface area contributed by atoms with Crippen molar-refractivity contribution in [2.75, 3.05) is 13.1 Å². The van der Waals surface area contributed by atoms with Crippen molar-refractivity contribution in [3.8, 4) is 0 Å². The van der Waals surface area contributed by atoms with Gasteiger partial charge in [-0.3, -0.25) is 14.3 Å². The Morgan fingerprint density at radius 2 is 1.78 bits per heavy atom. The number of fused-ring (bicyclic) bond motifs is 1. The molecule has 0 bridgehead atoms. The summed E-state index contributed by atoms with van der Waals surface area (Å²) in [6.07, 6.45) is 8.75. The van der Waals surface area contributed by atoms with Crippen LogP contribution < -0.4 is 5.56 Å². The Morgan fingerprint density at radius 1 is 0.963 bits per heavy atom. The van der Waals surface area contributed by atoms with Gasteiger partial charge >= 0.3 is 0 Å². The van der Waals surface area contributed by atoms with Gasteiger partial charge in [-0.1, -0.05) is 42.5 Å². The zero-order valence-electron chi connectivity index (χ0n) is 15.8. The largest absolute Gasteiger partial charge is 0.283 e. The third-order valence-electron chi connectivity index (χ3n) is 5.59. The van der Waals surface area contributed by atoms with Crippen LogP contribution in [0.2, 0.25) is 0 Å². The van der Waals surface area contributed by atoms with Gasteiger partial charge in [-0.15, -0.1) is 0 Å². The molecule has 1 aliphatic heterocycles. The maximum absolute atomic E-state index is 13.0. The average Bonchev–Trinajstić information content (AvgIpc) is 2.73. The number of likely N-dealkylation sites (tertiary alicyclic amines) is 1. The van der Waals surface area contributed by atoms with Crippen molar-refractivity contribution in [1.29, 1.82) is 0 Å². The van der Waals surface area contributed by atoms with E-state index in [4.69, 9.17) is 0 Å². The number of hydrogen-bond acceptors (Lipinski definition) is 3. The highest BCUT2D eigenvalue weighted by molar-refractivity contribution is 5.76. The number of para-hydroxylation sites is 1. The van der Waals surface area contributed by atoms with Crippen molar-refractivity contribution in [2.45, 2.75) is 44.7 Å². The van der Waals surface area contributed by atoms with Crippen LogP contribution in [0.4, 0.5) is 0 Å². The van der Waals surface area contributed by atoms with Crippen LogP contribution in [0.25, 0.3) is 10.9 Å². The molecule has 1 atom stereocenters. The van der Waals surface area contributed by atoms with Gasteiger partial charge in [0.2, 0.25) is 0 Å². The Morgan fingerprint density at radius 3 is 2.67 bits per heavy atom. The second-order valence-electron chi connectivity index (χ2n) is 7.43. The van der Waals surface area contributed by atoms with Gasteiger partial charge in [0.25, 0.3) is 5.56 Å². The fourth-order valence-electron chi connectivity index (χ4n) is 4.13. The molecule has 1 unspecified atom stereocenters. The third kappa shape index (κ3) is 4.11. The first-order valence-corrected chi connectivity index (χ1v) is 10.1. The molecule has 2 aromatic carbocycles. The first-order valence-electron chi connectivity index (χ1n) is 10.1.